The topological polar surface area (TPSA) is 17.1 Å². The molecule has 1 nitrogen and oxygen atoms in total. The first-order chi connectivity index (χ1) is 11.4. The Labute approximate surface area is 149 Å². The number of halogens is 1. The maximum atomic E-state index is 12.8. The largest absolute Gasteiger partial charge is 0.299 e. The van der Waals surface area contributed by atoms with E-state index in [1.54, 1.807) is 0 Å². The molecule has 0 aliphatic heterocycles. The Balaban J connectivity index is 1.85. The second-order valence-corrected chi connectivity index (χ2v) is 8.00. The fourth-order valence-electron chi connectivity index (χ4n) is 3.31. The van der Waals surface area contributed by atoms with Crippen LogP contribution in [-0.4, -0.2) is 5.78 Å². The van der Waals surface area contributed by atoms with E-state index in [-0.39, 0.29) is 23.2 Å². The number of allylic oxidation sites excluding steroid dienone is 1. The second kappa shape index (κ2) is 6.57. The molecule has 0 amide bonds. The van der Waals surface area contributed by atoms with Crippen LogP contribution >= 0.6 is 11.6 Å². The summed E-state index contributed by atoms with van der Waals surface area (Å²) in [5.74, 6) is 0.920. The summed E-state index contributed by atoms with van der Waals surface area (Å²) >= 11 is 6.00. The Bertz CT molecular complexity index is 738. The van der Waals surface area contributed by atoms with Gasteiger partial charge >= 0.3 is 0 Å². The maximum Gasteiger partial charge on any atom is 0.142 e. The average molecular weight is 339 g/mol. The van der Waals surface area contributed by atoms with E-state index in [9.17, 15) is 4.79 Å². The first kappa shape index (κ1) is 17.0. The normalized spacial score (nSPS) is 23.4. The smallest absolute Gasteiger partial charge is 0.142 e. The third-order valence-electron chi connectivity index (χ3n) is 4.68. The van der Waals surface area contributed by atoms with Crippen LogP contribution in [0.25, 0.3) is 6.08 Å². The highest BCUT2D eigenvalue weighted by Crippen LogP contribution is 2.57. The van der Waals surface area contributed by atoms with Crippen LogP contribution in [0.4, 0.5) is 0 Å². The molecule has 1 saturated carbocycles. The minimum absolute atomic E-state index is 0.0612. The van der Waals surface area contributed by atoms with Crippen molar-refractivity contribution in [1.29, 1.82) is 0 Å². The second-order valence-electron chi connectivity index (χ2n) is 7.56. The van der Waals surface area contributed by atoms with Crippen LogP contribution in [0.1, 0.15) is 37.8 Å². The van der Waals surface area contributed by atoms with E-state index in [2.05, 4.69) is 24.3 Å². The van der Waals surface area contributed by atoms with Crippen LogP contribution in [-0.2, 0) is 4.79 Å². The summed E-state index contributed by atoms with van der Waals surface area (Å²) in [5, 5.41) is 0.731. The summed E-state index contributed by atoms with van der Waals surface area (Å²) < 4.78 is 0. The van der Waals surface area contributed by atoms with Crippen molar-refractivity contribution in [3.8, 4) is 0 Å². The van der Waals surface area contributed by atoms with E-state index >= 15 is 0 Å². The molecular weight excluding hydrogens is 316 g/mol. The lowest BCUT2D eigenvalue weighted by molar-refractivity contribution is -0.127. The quantitative estimate of drug-likeness (QED) is 0.668. The van der Waals surface area contributed by atoms with Crippen molar-refractivity contribution in [2.75, 3.05) is 0 Å². The van der Waals surface area contributed by atoms with Gasteiger partial charge in [0.1, 0.15) is 5.78 Å². The molecule has 0 aromatic heterocycles. The van der Waals surface area contributed by atoms with E-state index in [0.29, 0.717) is 5.78 Å². The van der Waals surface area contributed by atoms with Crippen LogP contribution in [0, 0.1) is 17.3 Å². The van der Waals surface area contributed by atoms with E-state index < -0.39 is 0 Å². The number of carbonyl (C=O) groups excluding carboxylic acids is 1. The van der Waals surface area contributed by atoms with E-state index in [1.165, 1.54) is 11.1 Å². The van der Waals surface area contributed by atoms with Crippen LogP contribution in [0.3, 0.4) is 0 Å². The minimum atomic E-state index is -0.315. The van der Waals surface area contributed by atoms with Gasteiger partial charge in [0.25, 0.3) is 0 Å². The van der Waals surface area contributed by atoms with Gasteiger partial charge in [-0.25, -0.2) is 0 Å². The fraction of sp³-hybridized carbons (Fsp3) is 0.318. The molecule has 0 radical (unpaired) electrons. The van der Waals surface area contributed by atoms with Crippen molar-refractivity contribution < 1.29 is 4.79 Å². The maximum absolute atomic E-state index is 12.8. The van der Waals surface area contributed by atoms with Gasteiger partial charge in [-0.3, -0.25) is 4.79 Å². The number of benzene rings is 2. The fourth-order valence-corrected chi connectivity index (χ4v) is 3.44. The molecule has 24 heavy (non-hydrogen) atoms. The van der Waals surface area contributed by atoms with Crippen molar-refractivity contribution in [2.45, 2.75) is 26.7 Å². The lowest BCUT2D eigenvalue weighted by Gasteiger charge is -2.16. The van der Waals surface area contributed by atoms with Crippen LogP contribution in [0.15, 0.2) is 60.7 Å². The predicted octanol–water partition coefficient (Wildman–Crippen LogP) is 6.00. The molecule has 1 aliphatic carbocycles. The van der Waals surface area contributed by atoms with Gasteiger partial charge in [-0.05, 0) is 29.2 Å². The molecule has 2 heteroatoms. The highest BCUT2D eigenvalue weighted by atomic mass is 35.5. The molecule has 0 bridgehead atoms. The Morgan fingerprint density at radius 3 is 2.21 bits per heavy atom. The van der Waals surface area contributed by atoms with Crippen molar-refractivity contribution in [3.05, 3.63) is 76.8 Å². The number of carbonyl (C=O) groups is 1. The predicted molar refractivity (Wildman–Crippen MR) is 101 cm³/mol. The summed E-state index contributed by atoms with van der Waals surface area (Å²) in [4.78, 5) is 12.8. The molecule has 0 saturated heterocycles. The molecule has 1 aliphatic rings. The number of hydrogen-bond donors (Lipinski definition) is 0. The lowest BCUT2D eigenvalue weighted by atomic mass is 9.86. The Hall–Kier alpha value is -1.86. The first-order valence-corrected chi connectivity index (χ1v) is 8.79. The molecule has 3 atom stereocenters. The lowest BCUT2D eigenvalue weighted by Crippen LogP contribution is -2.23. The monoisotopic (exact) mass is 338 g/mol. The van der Waals surface area contributed by atoms with E-state index in [4.69, 9.17) is 11.6 Å². The van der Waals surface area contributed by atoms with Crippen molar-refractivity contribution in [2.24, 2.45) is 17.3 Å². The molecule has 0 N–H and O–H groups in total. The van der Waals surface area contributed by atoms with Crippen LogP contribution in [0.5, 0.6) is 0 Å². The summed E-state index contributed by atoms with van der Waals surface area (Å²) in [6.07, 6.45) is 4.33. The van der Waals surface area contributed by atoms with Crippen molar-refractivity contribution >= 4 is 23.5 Å². The number of ketones is 1. The SMILES string of the molecule is CC(C)(C)C(=O)[C@H]1[C@@H](/C=C/c2ccccc2)[C@@H]1c1ccc(Cl)cc1. The standard InChI is InChI=1S/C22H23ClO/c1-22(2,3)21(24)20-18(14-9-15-7-5-4-6-8-15)19(20)16-10-12-17(23)13-11-16/h4-14,18-20H,1-3H3/b14-9+/t18-,19-,20-/m0/s1. The van der Waals surface area contributed by atoms with Gasteiger partial charge in [0, 0.05) is 22.3 Å². The third kappa shape index (κ3) is 3.62. The van der Waals surface area contributed by atoms with E-state index in [1.807, 2.05) is 63.2 Å². The number of hydrogen-bond acceptors (Lipinski definition) is 1. The summed E-state index contributed by atoms with van der Waals surface area (Å²) in [6, 6.07) is 18.1. The molecule has 0 unspecified atom stereocenters. The Morgan fingerprint density at radius 2 is 1.62 bits per heavy atom. The molecule has 2 aromatic rings. The summed E-state index contributed by atoms with van der Waals surface area (Å²) in [7, 11) is 0. The highest BCUT2D eigenvalue weighted by Gasteiger charge is 2.55. The van der Waals surface area contributed by atoms with Gasteiger partial charge in [0.15, 0.2) is 0 Å². The average Bonchev–Trinajstić information content (AvgIpc) is 3.27. The highest BCUT2D eigenvalue weighted by molar-refractivity contribution is 6.30. The minimum Gasteiger partial charge on any atom is -0.299 e. The molecular formula is C22H23ClO. The van der Waals surface area contributed by atoms with E-state index in [0.717, 1.165) is 5.02 Å². The molecule has 0 heterocycles. The van der Waals surface area contributed by atoms with Crippen LogP contribution < -0.4 is 0 Å². The van der Waals surface area contributed by atoms with Crippen LogP contribution in [0.2, 0.25) is 5.02 Å². The zero-order valence-corrected chi connectivity index (χ0v) is 15.1. The number of Topliss-reactive ketones (excluding diaryl/α,β-unsaturated/α-hetero) is 1. The molecule has 3 rings (SSSR count). The van der Waals surface area contributed by atoms with Gasteiger partial charge in [-0.2, -0.15) is 0 Å². The zero-order chi connectivity index (χ0) is 17.3. The number of rotatable bonds is 4. The summed E-state index contributed by atoms with van der Waals surface area (Å²) in [6.45, 7) is 6.01. The van der Waals surface area contributed by atoms with Gasteiger partial charge in [0.05, 0.1) is 0 Å². The van der Waals surface area contributed by atoms with Gasteiger partial charge in [0.2, 0.25) is 0 Å². The molecule has 2 aromatic carbocycles. The first-order valence-electron chi connectivity index (χ1n) is 8.41. The Morgan fingerprint density at radius 1 is 1.00 bits per heavy atom. The van der Waals surface area contributed by atoms with Crippen molar-refractivity contribution in [3.63, 3.8) is 0 Å². The van der Waals surface area contributed by atoms with Gasteiger partial charge in [-0.15, -0.1) is 0 Å². The third-order valence-corrected chi connectivity index (χ3v) is 4.93. The molecule has 0 spiro atoms. The Kier molecular flexibility index (Phi) is 4.64. The summed E-state index contributed by atoms with van der Waals surface area (Å²) in [5.41, 5.74) is 2.05. The molecule has 124 valence electrons. The zero-order valence-electron chi connectivity index (χ0n) is 14.4. The van der Waals surface area contributed by atoms with Gasteiger partial charge in [-0.1, -0.05) is 87.0 Å². The van der Waals surface area contributed by atoms with Crippen molar-refractivity contribution in [1.82, 2.24) is 0 Å². The molecule has 1 fully saturated rings. The van der Waals surface area contributed by atoms with Gasteiger partial charge < -0.3 is 0 Å².